The number of hydrogen-bond acceptors (Lipinski definition) is 2. The Balaban J connectivity index is 1.45. The molecule has 0 radical (unpaired) electrons. The van der Waals surface area contributed by atoms with E-state index in [0.29, 0.717) is 0 Å². The summed E-state index contributed by atoms with van der Waals surface area (Å²) >= 11 is 0. The van der Waals surface area contributed by atoms with Crippen molar-refractivity contribution in [2.75, 3.05) is 13.1 Å². The van der Waals surface area contributed by atoms with Gasteiger partial charge >= 0.3 is 0 Å². The molecule has 0 fully saturated rings. The van der Waals surface area contributed by atoms with Crippen LogP contribution in [0.25, 0.3) is 16.7 Å². The smallest absolute Gasteiger partial charge is 0.0346 e. The summed E-state index contributed by atoms with van der Waals surface area (Å²) in [6.45, 7) is 5.20. The van der Waals surface area contributed by atoms with Crippen LogP contribution >= 0.6 is 0 Å². The number of aromatic nitrogens is 1. The van der Waals surface area contributed by atoms with E-state index in [2.05, 4.69) is 77.5 Å². The molecule has 4 rings (SSSR count). The Hall–Kier alpha value is -2.71. The molecule has 0 aliphatic carbocycles. The van der Waals surface area contributed by atoms with E-state index in [4.69, 9.17) is 0 Å². The molecule has 0 saturated heterocycles. The minimum atomic E-state index is 0.950. The Kier molecular flexibility index (Phi) is 4.94. The lowest BCUT2D eigenvalue weighted by Crippen LogP contribution is -2.28. The highest BCUT2D eigenvalue weighted by molar-refractivity contribution is 5.67. The molecule has 0 spiro atoms. The van der Waals surface area contributed by atoms with Crippen molar-refractivity contribution in [2.24, 2.45) is 0 Å². The number of pyridine rings is 1. The Morgan fingerprint density at radius 3 is 2.50 bits per heavy atom. The van der Waals surface area contributed by atoms with Gasteiger partial charge in [-0.2, -0.15) is 0 Å². The third-order valence-corrected chi connectivity index (χ3v) is 4.99. The number of benzene rings is 2. The van der Waals surface area contributed by atoms with Crippen molar-refractivity contribution in [3.63, 3.8) is 0 Å². The van der Waals surface area contributed by atoms with E-state index in [1.165, 1.54) is 33.4 Å². The molecule has 1 aliphatic heterocycles. The van der Waals surface area contributed by atoms with Crippen molar-refractivity contribution in [1.29, 1.82) is 0 Å². The molecule has 0 amide bonds. The lowest BCUT2D eigenvalue weighted by atomic mass is 9.98. The summed E-state index contributed by atoms with van der Waals surface area (Å²) in [6, 6.07) is 21.6. The molecule has 0 atom stereocenters. The first-order chi connectivity index (χ1) is 12.8. The largest absolute Gasteiger partial charge is 0.295 e. The minimum Gasteiger partial charge on any atom is -0.295 e. The van der Waals surface area contributed by atoms with Gasteiger partial charge in [-0.05, 0) is 41.7 Å². The standard InChI is InChI=1S/C24H24N2/c1-19-6-5-9-23(14-19)22-10-12-26(13-11-22)18-20-15-24(17-25-16-20)21-7-3-2-4-8-21/h2-10,14-17H,11-13,18H2,1H3. The van der Waals surface area contributed by atoms with Gasteiger partial charge < -0.3 is 0 Å². The van der Waals surface area contributed by atoms with Crippen molar-refractivity contribution in [1.82, 2.24) is 9.88 Å². The zero-order chi connectivity index (χ0) is 17.8. The molecule has 2 nitrogen and oxygen atoms in total. The fourth-order valence-corrected chi connectivity index (χ4v) is 3.58. The fourth-order valence-electron chi connectivity index (χ4n) is 3.58. The third-order valence-electron chi connectivity index (χ3n) is 4.99. The van der Waals surface area contributed by atoms with Crippen molar-refractivity contribution in [3.8, 4) is 11.1 Å². The van der Waals surface area contributed by atoms with Gasteiger partial charge in [0, 0.05) is 37.6 Å². The molecule has 0 bridgehead atoms. The van der Waals surface area contributed by atoms with E-state index in [0.717, 1.165) is 26.1 Å². The quantitative estimate of drug-likeness (QED) is 0.637. The second-order valence-electron chi connectivity index (χ2n) is 7.03. The summed E-state index contributed by atoms with van der Waals surface area (Å²) in [5, 5.41) is 0. The van der Waals surface area contributed by atoms with E-state index in [-0.39, 0.29) is 0 Å². The zero-order valence-corrected chi connectivity index (χ0v) is 15.2. The topological polar surface area (TPSA) is 16.1 Å². The number of nitrogens with zero attached hydrogens (tertiary/aromatic N) is 2. The van der Waals surface area contributed by atoms with Gasteiger partial charge in [0.15, 0.2) is 0 Å². The molecular weight excluding hydrogens is 316 g/mol. The number of rotatable bonds is 4. The third kappa shape index (κ3) is 3.92. The molecule has 0 saturated carbocycles. The normalized spacial score (nSPS) is 14.9. The Morgan fingerprint density at radius 1 is 0.885 bits per heavy atom. The van der Waals surface area contributed by atoms with Crippen LogP contribution in [0.2, 0.25) is 0 Å². The molecular formula is C24H24N2. The summed E-state index contributed by atoms with van der Waals surface area (Å²) in [4.78, 5) is 6.95. The van der Waals surface area contributed by atoms with Gasteiger partial charge in [0.1, 0.15) is 0 Å². The second-order valence-corrected chi connectivity index (χ2v) is 7.03. The maximum atomic E-state index is 4.46. The van der Waals surface area contributed by atoms with Crippen LogP contribution in [-0.2, 0) is 6.54 Å². The first-order valence-electron chi connectivity index (χ1n) is 9.26. The molecule has 2 heteroatoms. The lowest BCUT2D eigenvalue weighted by molar-refractivity contribution is 0.293. The Bertz CT molecular complexity index is 912. The number of hydrogen-bond donors (Lipinski definition) is 0. The Morgan fingerprint density at radius 2 is 1.73 bits per heavy atom. The molecule has 2 heterocycles. The summed E-state index contributed by atoms with van der Waals surface area (Å²) in [7, 11) is 0. The monoisotopic (exact) mass is 340 g/mol. The summed E-state index contributed by atoms with van der Waals surface area (Å²) in [5.74, 6) is 0. The first kappa shape index (κ1) is 16.7. The van der Waals surface area contributed by atoms with E-state index in [9.17, 15) is 0 Å². The van der Waals surface area contributed by atoms with Crippen molar-refractivity contribution < 1.29 is 0 Å². The first-order valence-corrected chi connectivity index (χ1v) is 9.26. The van der Waals surface area contributed by atoms with Crippen molar-refractivity contribution in [3.05, 3.63) is 95.8 Å². The summed E-state index contributed by atoms with van der Waals surface area (Å²) in [6.07, 6.45) is 7.43. The van der Waals surface area contributed by atoms with Gasteiger partial charge in [0.2, 0.25) is 0 Å². The highest BCUT2D eigenvalue weighted by Crippen LogP contribution is 2.25. The molecule has 2 aromatic carbocycles. The van der Waals surface area contributed by atoms with Crippen LogP contribution in [0.1, 0.15) is 23.1 Å². The summed E-state index contributed by atoms with van der Waals surface area (Å²) in [5.41, 5.74) is 7.87. The average Bonchev–Trinajstić information content (AvgIpc) is 2.69. The van der Waals surface area contributed by atoms with Crippen LogP contribution in [0.3, 0.4) is 0 Å². The van der Waals surface area contributed by atoms with Crippen LogP contribution in [0.15, 0.2) is 79.1 Å². The predicted octanol–water partition coefficient (Wildman–Crippen LogP) is 5.35. The maximum Gasteiger partial charge on any atom is 0.0346 e. The second kappa shape index (κ2) is 7.67. The van der Waals surface area contributed by atoms with Gasteiger partial charge in [-0.1, -0.05) is 66.2 Å². The van der Waals surface area contributed by atoms with Gasteiger partial charge in [-0.25, -0.2) is 0 Å². The lowest BCUT2D eigenvalue weighted by Gasteiger charge is -2.26. The average molecular weight is 340 g/mol. The van der Waals surface area contributed by atoms with Crippen LogP contribution in [0.5, 0.6) is 0 Å². The number of aryl methyl sites for hydroxylation is 1. The Labute approximate surface area is 155 Å². The van der Waals surface area contributed by atoms with Gasteiger partial charge in [-0.3, -0.25) is 9.88 Å². The van der Waals surface area contributed by atoms with Crippen LogP contribution in [0, 0.1) is 6.92 Å². The van der Waals surface area contributed by atoms with Gasteiger partial charge in [0.25, 0.3) is 0 Å². The predicted molar refractivity (Wildman–Crippen MR) is 109 cm³/mol. The van der Waals surface area contributed by atoms with Crippen molar-refractivity contribution in [2.45, 2.75) is 19.9 Å². The molecule has 130 valence electrons. The maximum absolute atomic E-state index is 4.46. The van der Waals surface area contributed by atoms with Crippen LogP contribution in [-0.4, -0.2) is 23.0 Å². The van der Waals surface area contributed by atoms with Crippen LogP contribution in [0.4, 0.5) is 0 Å². The molecule has 0 unspecified atom stereocenters. The van der Waals surface area contributed by atoms with Crippen molar-refractivity contribution >= 4 is 5.57 Å². The SMILES string of the molecule is Cc1cccc(C2=CCN(Cc3cncc(-c4ccccc4)c3)CC2)c1. The molecule has 0 N–H and O–H groups in total. The van der Waals surface area contributed by atoms with E-state index in [1.54, 1.807) is 0 Å². The van der Waals surface area contributed by atoms with Gasteiger partial charge in [0.05, 0.1) is 0 Å². The minimum absolute atomic E-state index is 0.950. The van der Waals surface area contributed by atoms with E-state index >= 15 is 0 Å². The zero-order valence-electron chi connectivity index (χ0n) is 15.2. The van der Waals surface area contributed by atoms with E-state index < -0.39 is 0 Å². The molecule has 1 aliphatic rings. The van der Waals surface area contributed by atoms with Crippen LogP contribution < -0.4 is 0 Å². The van der Waals surface area contributed by atoms with Gasteiger partial charge in [-0.15, -0.1) is 0 Å². The highest BCUT2D eigenvalue weighted by Gasteiger charge is 2.14. The fraction of sp³-hybridized carbons (Fsp3) is 0.208. The van der Waals surface area contributed by atoms with E-state index in [1.807, 2.05) is 18.5 Å². The molecule has 1 aromatic heterocycles. The molecule has 26 heavy (non-hydrogen) atoms. The summed E-state index contributed by atoms with van der Waals surface area (Å²) < 4.78 is 0. The highest BCUT2D eigenvalue weighted by atomic mass is 15.1. The molecule has 3 aromatic rings.